The van der Waals surface area contributed by atoms with Crippen LogP contribution in [-0.2, 0) is 75.9 Å². The first kappa shape index (κ1) is 78.1. The van der Waals surface area contributed by atoms with Gasteiger partial charge in [0, 0.05) is 31.2 Å². The van der Waals surface area contributed by atoms with Crippen LogP contribution in [0.1, 0.15) is 95.4 Å². The Morgan fingerprint density at radius 1 is 0.565 bits per heavy atom. The molecule has 0 bridgehead atoms. The van der Waals surface area contributed by atoms with E-state index in [0.717, 1.165) is 77.5 Å². The van der Waals surface area contributed by atoms with E-state index in [4.69, 9.17) is 29.8 Å². The molecule has 0 radical (unpaired) electrons. The first-order chi connectivity index (χ1) is 52.1. The molecule has 108 heavy (non-hydrogen) atoms. The number of hydrogen-bond acceptors (Lipinski definition) is 16. The number of nitrogens with two attached hydrogens (primary N) is 1. The van der Waals surface area contributed by atoms with E-state index in [9.17, 15) is 50.3 Å². The molecular formula is C78H78F6IN13O10. The van der Waals surface area contributed by atoms with Gasteiger partial charge in [0.05, 0.1) is 120 Å². The average molecular weight is 1600 g/mol. The van der Waals surface area contributed by atoms with Gasteiger partial charge >= 0.3 is 24.2 Å². The molecule has 0 saturated carbocycles. The van der Waals surface area contributed by atoms with Crippen molar-refractivity contribution in [2.24, 2.45) is 5.73 Å². The number of esters is 1. The molecular weight excluding hydrogens is 1520 g/mol. The first-order valence-corrected chi connectivity index (χ1v) is 35.7. The minimum atomic E-state index is -1.57. The fourth-order valence-electron chi connectivity index (χ4n) is 12.6. The maximum absolute atomic E-state index is 13.6. The van der Waals surface area contributed by atoms with Crippen LogP contribution in [0.2, 0.25) is 0 Å². The molecule has 23 nitrogen and oxygen atoms in total. The number of rotatable bonds is 12. The predicted molar refractivity (Wildman–Crippen MR) is 394 cm³/mol. The third kappa shape index (κ3) is 19.6. The zero-order chi connectivity index (χ0) is 76.5. The molecule has 4 amide bonds. The number of ether oxygens (including phenoxy) is 4. The number of alkyl carbamates (subject to hydrolysis) is 1. The smallest absolute Gasteiger partial charge is 0.415 e. The van der Waals surface area contributed by atoms with Crippen LogP contribution in [0.25, 0.3) is 0 Å². The van der Waals surface area contributed by atoms with Gasteiger partial charge in [0.2, 0.25) is 5.91 Å². The van der Waals surface area contributed by atoms with Gasteiger partial charge in [0.1, 0.15) is 25.6 Å². The third-order valence-electron chi connectivity index (χ3n) is 18.2. The Hall–Kier alpha value is -10.9. The van der Waals surface area contributed by atoms with Crippen LogP contribution in [0, 0.1) is 38.5 Å². The number of aliphatic hydroxyl groups excluding tert-OH is 1. The Bertz CT molecular complexity index is 4680. The number of nitrogens with one attached hydrogen (secondary N) is 3. The number of aromatic nitrogens is 6. The van der Waals surface area contributed by atoms with Crippen molar-refractivity contribution in [2.45, 2.75) is 115 Å². The lowest BCUT2D eigenvalue weighted by Crippen LogP contribution is -2.46. The van der Waals surface area contributed by atoms with E-state index in [2.05, 4.69) is 72.4 Å². The zero-order valence-electron chi connectivity index (χ0n) is 58.9. The number of nitrogens with zero attached hydrogens (tertiary/aromatic N) is 9. The second-order valence-electron chi connectivity index (χ2n) is 25.9. The summed E-state index contributed by atoms with van der Waals surface area (Å²) in [4.78, 5) is 65.0. The fourth-order valence-corrected chi connectivity index (χ4v) is 13.2. The Labute approximate surface area is 631 Å². The van der Waals surface area contributed by atoms with Crippen LogP contribution >= 0.6 is 22.6 Å². The number of carbonyl (C=O) groups excluding carboxylic acids is 5. The van der Waals surface area contributed by atoms with Crippen LogP contribution in [0.4, 0.5) is 52.1 Å². The molecule has 564 valence electrons. The summed E-state index contributed by atoms with van der Waals surface area (Å²) in [5.74, 6) is -9.19. The van der Waals surface area contributed by atoms with Gasteiger partial charge in [-0.05, 0) is 113 Å². The first-order valence-electron chi connectivity index (χ1n) is 34.6. The number of para-hydroxylation sites is 1. The summed E-state index contributed by atoms with van der Waals surface area (Å²) in [6, 6.07) is 50.3. The van der Waals surface area contributed by atoms with Crippen molar-refractivity contribution < 1.29 is 74.4 Å². The van der Waals surface area contributed by atoms with E-state index in [1.54, 1.807) is 57.2 Å². The fraction of sp³-hybridized carbons (Fsp3) is 0.282. The number of cyclic esters (lactones) is 3. The maximum Gasteiger partial charge on any atom is 0.415 e. The second-order valence-corrected chi connectivity index (χ2v) is 27.1. The number of hydrogen-bond donors (Lipinski definition) is 5. The lowest BCUT2D eigenvalue weighted by atomic mass is 10.1. The van der Waals surface area contributed by atoms with Crippen molar-refractivity contribution in [1.29, 1.82) is 0 Å². The van der Waals surface area contributed by atoms with Crippen molar-refractivity contribution in [3.05, 3.63) is 283 Å². The van der Waals surface area contributed by atoms with Crippen molar-refractivity contribution in [3.8, 4) is 5.75 Å². The molecule has 10 aromatic rings. The molecule has 0 aliphatic carbocycles. The van der Waals surface area contributed by atoms with E-state index in [0.29, 0.717) is 55.5 Å². The predicted octanol–water partition coefficient (Wildman–Crippen LogP) is 12.4. The number of halogens is 7. The molecule has 30 heteroatoms. The van der Waals surface area contributed by atoms with Gasteiger partial charge in [0.25, 0.3) is 0 Å². The van der Waals surface area contributed by atoms with Crippen LogP contribution in [0.15, 0.2) is 195 Å². The van der Waals surface area contributed by atoms with E-state index in [1.807, 2.05) is 139 Å². The summed E-state index contributed by atoms with van der Waals surface area (Å²) in [5, 5.41) is 31.3. The quantitative estimate of drug-likeness (QED) is 0.0190. The van der Waals surface area contributed by atoms with Crippen LogP contribution < -0.4 is 36.2 Å². The van der Waals surface area contributed by atoms with Gasteiger partial charge < -0.3 is 50.6 Å². The summed E-state index contributed by atoms with van der Waals surface area (Å²) >= 11 is 2.32. The normalized spacial score (nSPS) is 19.0. The highest BCUT2D eigenvalue weighted by Crippen LogP contribution is 2.39. The number of amides is 4. The largest absolute Gasteiger partial charge is 0.447 e. The molecule has 0 spiro atoms. The third-order valence-corrected chi connectivity index (χ3v) is 19.1. The lowest BCUT2D eigenvalue weighted by Gasteiger charge is -2.35. The van der Waals surface area contributed by atoms with Gasteiger partial charge in [-0.25, -0.2) is 40.7 Å². The molecule has 0 unspecified atom stereocenters. The maximum atomic E-state index is 13.6. The van der Waals surface area contributed by atoms with E-state index in [1.165, 1.54) is 14.2 Å². The van der Waals surface area contributed by atoms with Gasteiger partial charge in [-0.1, -0.05) is 140 Å². The Morgan fingerprint density at radius 2 is 1.00 bits per heavy atom. The minimum Gasteiger partial charge on any atom is -0.447 e. The van der Waals surface area contributed by atoms with Gasteiger partial charge in [-0.15, -0.1) is 0 Å². The second kappa shape index (κ2) is 36.6. The summed E-state index contributed by atoms with van der Waals surface area (Å²) in [6.45, 7) is 11.1. The molecule has 3 fully saturated rings. The van der Waals surface area contributed by atoms with Crippen molar-refractivity contribution >= 4 is 64.1 Å². The average Bonchev–Trinajstić information content (AvgIpc) is 1.60. The highest BCUT2D eigenvalue weighted by molar-refractivity contribution is 14.1. The molecule has 16 rings (SSSR count). The SMILES string of the molecule is C[C@H]1Cn2ncc(I)c2CN1.C[C@H]1Cn2ncc(N3C(=O)OC[C@H]3c3ccccc3)c2CN1.C[C@H]1Cn2ncc(N3C(=O)OC[C@H]3c3ccccc3)c2CN1C(=O)Cc1cc(F)c(F)c(F)c1.N[C@@H](CO)c1ccccc1.O=C(Cc1cc(F)c(F)c(F)c1)Oc1ccccc1.O=C1N[C@H](c2ccccc2)CO1. The molecule has 6 aliphatic rings. The summed E-state index contributed by atoms with van der Waals surface area (Å²) in [5.41, 5.74) is 14.0. The van der Waals surface area contributed by atoms with Crippen LogP contribution in [-0.4, -0.2) is 114 Å². The highest BCUT2D eigenvalue weighted by atomic mass is 127. The van der Waals surface area contributed by atoms with Crippen molar-refractivity contribution in [1.82, 2.24) is 50.2 Å². The lowest BCUT2D eigenvalue weighted by molar-refractivity contribution is -0.135. The Balaban J connectivity index is 0.000000137. The van der Waals surface area contributed by atoms with Crippen LogP contribution in [0.5, 0.6) is 5.75 Å². The monoisotopic (exact) mass is 1600 g/mol. The summed E-state index contributed by atoms with van der Waals surface area (Å²) in [6.07, 6.45) is 3.52. The number of anilines is 2. The van der Waals surface area contributed by atoms with Gasteiger partial charge in [-0.3, -0.25) is 33.4 Å². The summed E-state index contributed by atoms with van der Waals surface area (Å²) in [7, 11) is 0. The van der Waals surface area contributed by atoms with Crippen molar-refractivity contribution in [3.63, 3.8) is 0 Å². The Kier molecular flexibility index (Phi) is 26.5. The highest BCUT2D eigenvalue weighted by Gasteiger charge is 2.41. The van der Waals surface area contributed by atoms with Gasteiger partial charge in [-0.2, -0.15) is 15.3 Å². The van der Waals surface area contributed by atoms with E-state index >= 15 is 0 Å². The van der Waals surface area contributed by atoms with E-state index in [-0.39, 0.29) is 92.0 Å². The molecule has 7 atom stereocenters. The number of fused-ring (bicyclic) bond motifs is 3. The minimum absolute atomic E-state index is 0.00398. The van der Waals surface area contributed by atoms with Crippen molar-refractivity contribution in [2.75, 3.05) is 36.2 Å². The molecule has 6 aliphatic heterocycles. The molecule has 3 saturated heterocycles. The van der Waals surface area contributed by atoms with Gasteiger partial charge in [0.15, 0.2) is 34.9 Å². The summed E-state index contributed by atoms with van der Waals surface area (Å²) < 4.78 is 107. The topological polar surface area (TPSA) is 268 Å². The number of aliphatic hydroxyl groups is 1. The molecule has 9 heterocycles. The van der Waals surface area contributed by atoms with Crippen LogP contribution in [0.3, 0.4) is 0 Å². The number of carbonyl (C=O) groups is 5. The van der Waals surface area contributed by atoms with E-state index < -0.39 is 47.0 Å². The zero-order valence-corrected chi connectivity index (χ0v) is 61.0. The molecule has 7 aromatic carbocycles. The Morgan fingerprint density at radius 3 is 1.49 bits per heavy atom. The standard InChI is InChI=1S/C24H21F3N4O3.C16H18N4O2.C14H9F3O2.C9H9NO2.C8H11NO.C7H10IN3/c1-14-11-30-20(12-29(14)22(32)9-15-7-17(25)23(27)18(26)8-15)19(10-28-30)31-21(13-34-24(31)33)16-5-3-2-4-6-16;1-11-9-19-13(7-17-11)14(8-18-19)20-15(10-22-16(20)21)12-5-3-2-4-6-12;15-11-6-9(7-12(16)14(11)17)8-13(18)19-10-4-2-1-3-5-10;11-9-10-8(6-12-9)7-4-2-1-3-5-7;9-8(6-10)7-4-2-1-3-5-7;1-5-4-11-7(3-9-5)6(8)2-10-11/h2-8,10,14,21H,9,11-13H2,1H3;2-6,8,11,15,17H,7,9-10H2,1H3;1-7H,8H2;1-5,8H,6H2,(H,10,11);1-5,8,10H,6,9H2;2,5,9H,3-4H2,1H3/t14-,21-;11-,15-;;2*8-;5-/m00.000/s1. The number of benzene rings is 7. The molecule has 3 aromatic heterocycles. The molecule has 6 N–H and O–H groups in total.